The summed E-state index contributed by atoms with van der Waals surface area (Å²) in [5.41, 5.74) is 1.52. The topological polar surface area (TPSA) is 99.3 Å². The average molecular weight is 551 g/mol. The molecule has 2 aromatic rings. The van der Waals surface area contributed by atoms with E-state index in [4.69, 9.17) is 16.3 Å². The van der Waals surface area contributed by atoms with Gasteiger partial charge in [-0.15, -0.1) is 0 Å². The van der Waals surface area contributed by atoms with Crippen LogP contribution in [-0.2, 0) is 26.0 Å². The average Bonchev–Trinajstić information content (AvgIpc) is 2.82. The van der Waals surface area contributed by atoms with Crippen molar-refractivity contribution in [1.29, 1.82) is 0 Å². The lowest BCUT2D eigenvalue weighted by Crippen LogP contribution is -2.56. The molecule has 0 radical (unpaired) electrons. The fourth-order valence-electron chi connectivity index (χ4n) is 4.07. The molecule has 1 heterocycles. The van der Waals surface area contributed by atoms with Gasteiger partial charge in [0.15, 0.2) is 0 Å². The first-order valence-electron chi connectivity index (χ1n) is 12.1. The number of nitrogens with one attached hydrogen (secondary N) is 1. The number of hydrogen-bond donors (Lipinski definition) is 1. The van der Waals surface area contributed by atoms with E-state index in [2.05, 4.69) is 10.2 Å². The van der Waals surface area contributed by atoms with Gasteiger partial charge in [-0.3, -0.25) is 9.10 Å². The standard InChI is InChI=1S/C26H35ClN4O5S/c1-26(2,3)36-25(33)28-21(18-19-10-12-20(27)13-11-19)24(32)31-16-14-30(15-17-31)23-9-7-6-8-22(23)29(4)37(5,34)35/h6-13,21H,14-18H2,1-5H3,(H,28,33)/t21-/m1/s1. The van der Waals surface area contributed by atoms with Crippen molar-refractivity contribution in [2.75, 3.05) is 48.7 Å². The van der Waals surface area contributed by atoms with Crippen LogP contribution in [-0.4, -0.2) is 76.4 Å². The first-order valence-corrected chi connectivity index (χ1v) is 14.3. The maximum absolute atomic E-state index is 13.5. The van der Waals surface area contributed by atoms with E-state index in [-0.39, 0.29) is 12.3 Å². The molecule has 0 spiro atoms. The molecule has 2 amide bonds. The SMILES string of the molecule is CN(c1ccccc1N1CCN(C(=O)[C@@H](Cc2ccc(Cl)cc2)NC(=O)OC(C)(C)C)CC1)S(C)(=O)=O. The minimum Gasteiger partial charge on any atom is -0.444 e. The zero-order valence-corrected chi connectivity index (χ0v) is 23.5. The number of halogens is 1. The van der Waals surface area contributed by atoms with E-state index in [9.17, 15) is 18.0 Å². The fourth-order valence-corrected chi connectivity index (χ4v) is 4.71. The van der Waals surface area contributed by atoms with E-state index >= 15 is 0 Å². The number of carbonyl (C=O) groups excluding carboxylic acids is 2. The van der Waals surface area contributed by atoms with Crippen molar-refractivity contribution in [3.05, 3.63) is 59.1 Å². The van der Waals surface area contributed by atoms with E-state index in [1.165, 1.54) is 17.6 Å². The Morgan fingerprint density at radius 3 is 2.22 bits per heavy atom. The van der Waals surface area contributed by atoms with Crippen molar-refractivity contribution in [3.63, 3.8) is 0 Å². The zero-order chi connectivity index (χ0) is 27.4. The Balaban J connectivity index is 1.74. The molecule has 1 fully saturated rings. The van der Waals surface area contributed by atoms with E-state index in [0.29, 0.717) is 36.9 Å². The van der Waals surface area contributed by atoms with Crippen molar-refractivity contribution in [1.82, 2.24) is 10.2 Å². The van der Waals surface area contributed by atoms with Gasteiger partial charge in [0, 0.05) is 44.7 Å². The van der Waals surface area contributed by atoms with Crippen molar-refractivity contribution >= 4 is 45.0 Å². The lowest BCUT2D eigenvalue weighted by molar-refractivity contribution is -0.133. The van der Waals surface area contributed by atoms with Gasteiger partial charge in [-0.05, 0) is 50.6 Å². The normalized spacial score (nSPS) is 15.2. The first kappa shape index (κ1) is 28.6. The van der Waals surface area contributed by atoms with Gasteiger partial charge in [0.2, 0.25) is 15.9 Å². The van der Waals surface area contributed by atoms with Gasteiger partial charge in [-0.2, -0.15) is 0 Å². The highest BCUT2D eigenvalue weighted by Crippen LogP contribution is 2.30. The number of anilines is 2. The second-order valence-corrected chi connectivity index (χ2v) is 12.5. The summed E-state index contributed by atoms with van der Waals surface area (Å²) in [5, 5.41) is 3.33. The van der Waals surface area contributed by atoms with E-state index in [1.54, 1.807) is 49.9 Å². The summed E-state index contributed by atoms with van der Waals surface area (Å²) in [6.45, 7) is 7.16. The van der Waals surface area contributed by atoms with E-state index in [0.717, 1.165) is 11.3 Å². The maximum atomic E-state index is 13.5. The third-order valence-electron chi connectivity index (χ3n) is 5.99. The molecule has 0 saturated carbocycles. The molecule has 1 saturated heterocycles. The molecule has 9 nitrogen and oxygen atoms in total. The van der Waals surface area contributed by atoms with Gasteiger partial charge in [-0.1, -0.05) is 35.9 Å². The number of hydrogen-bond acceptors (Lipinski definition) is 6. The molecular formula is C26H35ClN4O5S. The van der Waals surface area contributed by atoms with Gasteiger partial charge in [0.25, 0.3) is 0 Å². The van der Waals surface area contributed by atoms with E-state index < -0.39 is 27.8 Å². The number of piperazine rings is 1. The number of amides is 2. The molecular weight excluding hydrogens is 516 g/mol. The summed E-state index contributed by atoms with van der Waals surface area (Å²) in [5.74, 6) is -0.206. The highest BCUT2D eigenvalue weighted by Gasteiger charge is 2.31. The summed E-state index contributed by atoms with van der Waals surface area (Å²) < 4.78 is 30.9. The smallest absolute Gasteiger partial charge is 0.408 e. The Hall–Kier alpha value is -2.98. The number of alkyl carbamates (subject to hydrolysis) is 1. The number of carbonyl (C=O) groups is 2. The minimum atomic E-state index is -3.43. The third kappa shape index (κ3) is 8.00. The van der Waals surface area contributed by atoms with Crippen molar-refractivity contribution in [2.45, 2.75) is 38.8 Å². The van der Waals surface area contributed by atoms with Crippen molar-refractivity contribution in [2.24, 2.45) is 0 Å². The number of ether oxygens (including phenoxy) is 1. The molecule has 3 rings (SSSR count). The number of rotatable bonds is 7. The Morgan fingerprint density at radius 1 is 1.05 bits per heavy atom. The van der Waals surface area contributed by atoms with Crippen LogP contribution in [0, 0.1) is 0 Å². The van der Waals surface area contributed by atoms with Crippen LogP contribution in [0.2, 0.25) is 5.02 Å². The molecule has 1 aliphatic rings. The molecule has 0 bridgehead atoms. The second-order valence-electron chi connectivity index (χ2n) is 10.1. The number of benzene rings is 2. The lowest BCUT2D eigenvalue weighted by atomic mass is 10.0. The van der Waals surface area contributed by atoms with Crippen LogP contribution in [0.25, 0.3) is 0 Å². The van der Waals surface area contributed by atoms with Gasteiger partial charge in [0.1, 0.15) is 11.6 Å². The van der Waals surface area contributed by atoms with Crippen LogP contribution < -0.4 is 14.5 Å². The quantitative estimate of drug-likeness (QED) is 0.566. The molecule has 0 unspecified atom stereocenters. The van der Waals surface area contributed by atoms with Crippen LogP contribution in [0.15, 0.2) is 48.5 Å². The molecule has 1 aliphatic heterocycles. The zero-order valence-electron chi connectivity index (χ0n) is 21.9. The molecule has 11 heteroatoms. The largest absolute Gasteiger partial charge is 0.444 e. The van der Waals surface area contributed by atoms with E-state index in [1.807, 2.05) is 24.3 Å². The molecule has 0 aliphatic carbocycles. The van der Waals surface area contributed by atoms with Crippen LogP contribution in [0.3, 0.4) is 0 Å². The Labute approximate surface area is 224 Å². The fraction of sp³-hybridized carbons (Fsp3) is 0.462. The summed E-state index contributed by atoms with van der Waals surface area (Å²) in [4.78, 5) is 29.9. The summed E-state index contributed by atoms with van der Waals surface area (Å²) in [6.07, 6.45) is 0.798. The molecule has 202 valence electrons. The van der Waals surface area contributed by atoms with Gasteiger partial charge >= 0.3 is 6.09 Å². The highest BCUT2D eigenvalue weighted by atomic mass is 35.5. The van der Waals surface area contributed by atoms with Crippen molar-refractivity contribution in [3.8, 4) is 0 Å². The maximum Gasteiger partial charge on any atom is 0.408 e. The van der Waals surface area contributed by atoms with Crippen molar-refractivity contribution < 1.29 is 22.7 Å². The number of sulfonamides is 1. The monoisotopic (exact) mass is 550 g/mol. The lowest BCUT2D eigenvalue weighted by Gasteiger charge is -2.39. The van der Waals surface area contributed by atoms with Crippen LogP contribution >= 0.6 is 11.6 Å². The predicted octanol–water partition coefficient (Wildman–Crippen LogP) is 3.52. The van der Waals surface area contributed by atoms with Gasteiger partial charge in [-0.25, -0.2) is 13.2 Å². The molecule has 0 aromatic heterocycles. The Morgan fingerprint density at radius 2 is 1.65 bits per heavy atom. The predicted molar refractivity (Wildman–Crippen MR) is 147 cm³/mol. The summed E-state index contributed by atoms with van der Waals surface area (Å²) >= 11 is 6.00. The molecule has 1 N–H and O–H groups in total. The van der Waals surface area contributed by atoms with Crippen LogP contribution in [0.4, 0.5) is 16.2 Å². The van der Waals surface area contributed by atoms with Crippen LogP contribution in [0.1, 0.15) is 26.3 Å². The highest BCUT2D eigenvalue weighted by molar-refractivity contribution is 7.92. The Kier molecular flexibility index (Phi) is 8.96. The third-order valence-corrected chi connectivity index (χ3v) is 7.44. The molecule has 2 aromatic carbocycles. The minimum absolute atomic E-state index is 0.206. The first-order chi connectivity index (χ1) is 17.2. The summed E-state index contributed by atoms with van der Waals surface area (Å²) in [6, 6.07) is 13.6. The van der Waals surface area contributed by atoms with Gasteiger partial charge < -0.3 is 19.9 Å². The van der Waals surface area contributed by atoms with Gasteiger partial charge in [0.05, 0.1) is 17.6 Å². The Bertz CT molecular complexity index is 1210. The summed E-state index contributed by atoms with van der Waals surface area (Å²) in [7, 11) is -1.90. The number of nitrogens with zero attached hydrogens (tertiary/aromatic N) is 3. The van der Waals surface area contributed by atoms with Crippen LogP contribution in [0.5, 0.6) is 0 Å². The second kappa shape index (κ2) is 11.6. The molecule has 37 heavy (non-hydrogen) atoms. The molecule has 1 atom stereocenters. The number of para-hydroxylation sites is 2.